The molecule has 6 heteroatoms. The number of nitrogens with zero attached hydrogens (tertiary/aromatic N) is 3. The molecular weight excluding hydrogens is 256 g/mol. The topological polar surface area (TPSA) is 70.5 Å². The van der Waals surface area contributed by atoms with E-state index in [0.717, 1.165) is 49.7 Å². The first kappa shape index (κ1) is 15.0. The lowest BCUT2D eigenvalue weighted by molar-refractivity contribution is 0.0158. The summed E-state index contributed by atoms with van der Waals surface area (Å²) in [6.07, 6.45) is 3.82. The van der Waals surface area contributed by atoms with Gasteiger partial charge < -0.3 is 20.1 Å². The lowest BCUT2D eigenvalue weighted by atomic mass is 10.1. The first-order valence-electron chi connectivity index (χ1n) is 7.29. The molecule has 0 bridgehead atoms. The highest BCUT2D eigenvalue weighted by Crippen LogP contribution is 2.25. The molecule has 0 saturated carbocycles. The van der Waals surface area contributed by atoms with Crippen LogP contribution in [0.4, 0.5) is 11.6 Å². The molecule has 0 unspecified atom stereocenters. The summed E-state index contributed by atoms with van der Waals surface area (Å²) in [6.45, 7) is 7.36. The predicted molar refractivity (Wildman–Crippen MR) is 79.2 cm³/mol. The summed E-state index contributed by atoms with van der Waals surface area (Å²) in [7, 11) is 0. The third kappa shape index (κ3) is 3.58. The molecule has 2 rings (SSSR count). The molecule has 0 aliphatic carbocycles. The maximum atomic E-state index is 8.79. The molecule has 1 fully saturated rings. The van der Waals surface area contributed by atoms with Crippen LogP contribution in [0.3, 0.4) is 0 Å². The average molecular weight is 280 g/mol. The number of aliphatic hydroxyl groups excluding tert-OH is 1. The Bertz CT molecular complexity index is 420. The summed E-state index contributed by atoms with van der Waals surface area (Å²) in [5.41, 5.74) is 1.10. The molecule has 20 heavy (non-hydrogen) atoms. The standard InChI is InChI=1S/C14H24N4O2/c1-3-15-13-11(2)14(17-10-16-13)18-6-4-12(5-7-18)20-9-8-19/h10,12,19H,3-9H2,1-2H3,(H,15,16,17). The van der Waals surface area contributed by atoms with Gasteiger partial charge in [0.15, 0.2) is 0 Å². The molecule has 6 nitrogen and oxygen atoms in total. The van der Waals surface area contributed by atoms with E-state index in [4.69, 9.17) is 9.84 Å². The van der Waals surface area contributed by atoms with Crippen molar-refractivity contribution in [3.63, 3.8) is 0 Å². The van der Waals surface area contributed by atoms with Crippen LogP contribution in [0.15, 0.2) is 6.33 Å². The zero-order chi connectivity index (χ0) is 14.4. The molecule has 0 radical (unpaired) electrons. The minimum atomic E-state index is 0.0945. The van der Waals surface area contributed by atoms with Gasteiger partial charge in [-0.2, -0.15) is 0 Å². The fourth-order valence-corrected chi connectivity index (χ4v) is 2.56. The number of anilines is 2. The normalized spacial score (nSPS) is 16.4. The highest BCUT2D eigenvalue weighted by Gasteiger charge is 2.22. The van der Waals surface area contributed by atoms with Gasteiger partial charge in [0.05, 0.1) is 19.3 Å². The van der Waals surface area contributed by atoms with Crippen molar-refractivity contribution >= 4 is 11.6 Å². The summed E-state index contributed by atoms with van der Waals surface area (Å²) in [5, 5.41) is 12.0. The number of ether oxygens (including phenoxy) is 1. The van der Waals surface area contributed by atoms with E-state index in [2.05, 4.69) is 34.0 Å². The molecular formula is C14H24N4O2. The molecule has 112 valence electrons. The molecule has 1 aromatic heterocycles. The maximum Gasteiger partial charge on any atom is 0.137 e. The van der Waals surface area contributed by atoms with Crippen LogP contribution in [0.1, 0.15) is 25.3 Å². The Morgan fingerprint density at radius 2 is 2.15 bits per heavy atom. The third-order valence-corrected chi connectivity index (χ3v) is 3.59. The lowest BCUT2D eigenvalue weighted by Crippen LogP contribution is -2.38. The molecule has 2 N–H and O–H groups in total. The van der Waals surface area contributed by atoms with Gasteiger partial charge in [0.1, 0.15) is 18.0 Å². The molecule has 2 heterocycles. The van der Waals surface area contributed by atoms with Crippen LogP contribution in [0.25, 0.3) is 0 Å². The molecule has 0 amide bonds. The smallest absolute Gasteiger partial charge is 0.137 e. The van der Waals surface area contributed by atoms with Gasteiger partial charge in [0.2, 0.25) is 0 Å². The number of piperidine rings is 1. The Morgan fingerprint density at radius 1 is 1.40 bits per heavy atom. The Hall–Kier alpha value is -1.40. The van der Waals surface area contributed by atoms with Crippen molar-refractivity contribution in [1.82, 2.24) is 9.97 Å². The van der Waals surface area contributed by atoms with Crippen molar-refractivity contribution in [2.24, 2.45) is 0 Å². The quantitative estimate of drug-likeness (QED) is 0.816. The largest absolute Gasteiger partial charge is 0.394 e. The predicted octanol–water partition coefficient (Wildman–Crippen LogP) is 1.19. The van der Waals surface area contributed by atoms with E-state index in [-0.39, 0.29) is 12.7 Å². The van der Waals surface area contributed by atoms with Crippen LogP contribution < -0.4 is 10.2 Å². The average Bonchev–Trinajstić information content (AvgIpc) is 2.48. The van der Waals surface area contributed by atoms with E-state index in [1.54, 1.807) is 6.33 Å². The minimum Gasteiger partial charge on any atom is -0.394 e. The van der Waals surface area contributed by atoms with Gasteiger partial charge in [0.25, 0.3) is 0 Å². The second-order valence-corrected chi connectivity index (χ2v) is 4.98. The van der Waals surface area contributed by atoms with E-state index >= 15 is 0 Å². The number of nitrogens with one attached hydrogen (secondary N) is 1. The van der Waals surface area contributed by atoms with Crippen LogP contribution in [-0.2, 0) is 4.74 Å². The van der Waals surface area contributed by atoms with Gasteiger partial charge in [-0.3, -0.25) is 0 Å². The van der Waals surface area contributed by atoms with E-state index in [1.165, 1.54) is 0 Å². The molecule has 1 aromatic rings. The second-order valence-electron chi connectivity index (χ2n) is 4.98. The van der Waals surface area contributed by atoms with Gasteiger partial charge in [-0.25, -0.2) is 9.97 Å². The van der Waals surface area contributed by atoms with Gasteiger partial charge in [-0.1, -0.05) is 0 Å². The third-order valence-electron chi connectivity index (χ3n) is 3.59. The SMILES string of the molecule is CCNc1ncnc(N2CCC(OCCO)CC2)c1C. The first-order chi connectivity index (χ1) is 9.76. The second kappa shape index (κ2) is 7.40. The van der Waals surface area contributed by atoms with Crippen LogP contribution in [0, 0.1) is 6.92 Å². The molecule has 1 aliphatic rings. The van der Waals surface area contributed by atoms with Crippen molar-refractivity contribution in [1.29, 1.82) is 0 Å². The van der Waals surface area contributed by atoms with Crippen molar-refractivity contribution in [2.45, 2.75) is 32.8 Å². The summed E-state index contributed by atoms with van der Waals surface area (Å²) in [5.74, 6) is 1.92. The Kier molecular flexibility index (Phi) is 5.55. The van der Waals surface area contributed by atoms with E-state index in [9.17, 15) is 0 Å². The number of aliphatic hydroxyl groups is 1. The zero-order valence-corrected chi connectivity index (χ0v) is 12.3. The molecule has 0 spiro atoms. The summed E-state index contributed by atoms with van der Waals surface area (Å²) in [6, 6.07) is 0. The Morgan fingerprint density at radius 3 is 2.80 bits per heavy atom. The van der Waals surface area contributed by atoms with Crippen LogP contribution in [0.5, 0.6) is 0 Å². The highest BCUT2D eigenvalue weighted by atomic mass is 16.5. The summed E-state index contributed by atoms with van der Waals surface area (Å²) in [4.78, 5) is 11.0. The van der Waals surface area contributed by atoms with Crippen molar-refractivity contribution in [3.8, 4) is 0 Å². The fraction of sp³-hybridized carbons (Fsp3) is 0.714. The molecule has 0 aromatic carbocycles. The van der Waals surface area contributed by atoms with Gasteiger partial charge in [-0.05, 0) is 26.7 Å². The molecule has 1 aliphatic heterocycles. The monoisotopic (exact) mass is 280 g/mol. The van der Waals surface area contributed by atoms with E-state index in [0.29, 0.717) is 6.61 Å². The van der Waals surface area contributed by atoms with E-state index in [1.807, 2.05) is 0 Å². The van der Waals surface area contributed by atoms with Crippen molar-refractivity contribution in [2.75, 3.05) is 43.1 Å². The minimum absolute atomic E-state index is 0.0945. The maximum absolute atomic E-state index is 8.79. The summed E-state index contributed by atoms with van der Waals surface area (Å²) < 4.78 is 5.59. The number of aromatic nitrogens is 2. The fourth-order valence-electron chi connectivity index (χ4n) is 2.56. The van der Waals surface area contributed by atoms with Gasteiger partial charge >= 0.3 is 0 Å². The van der Waals surface area contributed by atoms with Crippen LogP contribution in [0.2, 0.25) is 0 Å². The molecule has 0 atom stereocenters. The number of hydrogen-bond acceptors (Lipinski definition) is 6. The number of rotatable bonds is 6. The van der Waals surface area contributed by atoms with Crippen molar-refractivity contribution in [3.05, 3.63) is 11.9 Å². The first-order valence-corrected chi connectivity index (χ1v) is 7.29. The van der Waals surface area contributed by atoms with Crippen LogP contribution in [-0.4, -0.2) is 54.0 Å². The lowest BCUT2D eigenvalue weighted by Gasteiger charge is -2.33. The number of hydrogen-bond donors (Lipinski definition) is 2. The molecule has 1 saturated heterocycles. The van der Waals surface area contributed by atoms with Gasteiger partial charge in [0, 0.05) is 25.2 Å². The van der Waals surface area contributed by atoms with Crippen molar-refractivity contribution < 1.29 is 9.84 Å². The Balaban J connectivity index is 1.98. The highest BCUT2D eigenvalue weighted by molar-refractivity contribution is 5.58. The summed E-state index contributed by atoms with van der Waals surface area (Å²) >= 11 is 0. The van der Waals surface area contributed by atoms with Crippen LogP contribution >= 0.6 is 0 Å². The van der Waals surface area contributed by atoms with Gasteiger partial charge in [-0.15, -0.1) is 0 Å². The Labute approximate surface area is 120 Å². The zero-order valence-electron chi connectivity index (χ0n) is 12.3. The van der Waals surface area contributed by atoms with E-state index < -0.39 is 0 Å².